The van der Waals surface area contributed by atoms with Gasteiger partial charge in [0.15, 0.2) is 0 Å². The van der Waals surface area contributed by atoms with Crippen LogP contribution in [0.1, 0.15) is 11.1 Å². The van der Waals surface area contributed by atoms with E-state index in [4.69, 9.17) is 34.8 Å². The molecular formula is C22H14Cl3NO. The third-order valence-corrected chi connectivity index (χ3v) is 5.41. The van der Waals surface area contributed by atoms with E-state index in [1.807, 2.05) is 41.4 Å². The van der Waals surface area contributed by atoms with Crippen molar-refractivity contribution in [3.05, 3.63) is 117 Å². The van der Waals surface area contributed by atoms with Gasteiger partial charge in [-0.25, -0.2) is 0 Å². The van der Waals surface area contributed by atoms with Crippen molar-refractivity contribution < 1.29 is 5.11 Å². The van der Waals surface area contributed by atoms with Crippen LogP contribution < -0.4 is 0 Å². The average Bonchev–Trinajstić information content (AvgIpc) is 2.63. The van der Waals surface area contributed by atoms with Gasteiger partial charge in [-0.2, -0.15) is 0 Å². The largest absolute Gasteiger partial charge is 0.508 e. The van der Waals surface area contributed by atoms with Gasteiger partial charge in [-0.15, -0.1) is 0 Å². The molecular weight excluding hydrogens is 401 g/mol. The normalized spacial score (nSPS) is 16.3. The average molecular weight is 415 g/mol. The molecule has 0 aliphatic carbocycles. The van der Waals surface area contributed by atoms with Crippen molar-refractivity contribution in [1.82, 2.24) is 4.90 Å². The zero-order valence-corrected chi connectivity index (χ0v) is 16.4. The van der Waals surface area contributed by atoms with Crippen LogP contribution in [0.2, 0.25) is 15.1 Å². The van der Waals surface area contributed by atoms with Crippen LogP contribution in [0.25, 0.3) is 11.3 Å². The van der Waals surface area contributed by atoms with Crippen LogP contribution in [-0.2, 0) is 0 Å². The molecule has 0 unspecified atom stereocenters. The van der Waals surface area contributed by atoms with E-state index in [2.05, 4.69) is 6.58 Å². The number of nitrogens with zero attached hydrogens (tertiary/aromatic N) is 1. The first-order chi connectivity index (χ1) is 13.0. The standard InChI is InChI=1S/C22H14Cl3NO/c1-13-9-10-26-19(15-5-2-3-6-16(15)23)11-14(27)12-20(26)21(13)22-17(24)7-4-8-18(22)25/h2-12,27H,1H2. The Bertz CT molecular complexity index is 1070. The fourth-order valence-corrected chi connectivity index (χ4v) is 4.08. The summed E-state index contributed by atoms with van der Waals surface area (Å²) in [4.78, 5) is 1.95. The molecule has 0 spiro atoms. The van der Waals surface area contributed by atoms with Crippen molar-refractivity contribution in [1.29, 1.82) is 0 Å². The lowest BCUT2D eigenvalue weighted by atomic mass is 9.91. The summed E-state index contributed by atoms with van der Waals surface area (Å²) in [5.74, 6) is 0.111. The van der Waals surface area contributed by atoms with Crippen LogP contribution in [0.5, 0.6) is 0 Å². The minimum atomic E-state index is 0.111. The summed E-state index contributed by atoms with van der Waals surface area (Å²) in [7, 11) is 0. The maximum atomic E-state index is 10.4. The van der Waals surface area contributed by atoms with Crippen molar-refractivity contribution in [2.45, 2.75) is 0 Å². The van der Waals surface area contributed by atoms with E-state index in [9.17, 15) is 5.11 Å². The van der Waals surface area contributed by atoms with Crippen molar-refractivity contribution in [3.63, 3.8) is 0 Å². The third-order valence-electron chi connectivity index (χ3n) is 4.45. The molecule has 2 aromatic carbocycles. The summed E-state index contributed by atoms with van der Waals surface area (Å²) in [6.45, 7) is 4.14. The number of aliphatic hydroxyl groups excluding tert-OH is 1. The number of benzene rings is 2. The first kappa shape index (κ1) is 18.0. The Hall–Kier alpha value is -2.39. The molecule has 0 atom stereocenters. The number of halogens is 3. The van der Waals surface area contributed by atoms with Gasteiger partial charge in [0.05, 0.1) is 11.4 Å². The highest BCUT2D eigenvalue weighted by Crippen LogP contribution is 2.44. The molecule has 0 saturated carbocycles. The zero-order valence-electron chi connectivity index (χ0n) is 14.1. The molecule has 134 valence electrons. The van der Waals surface area contributed by atoms with E-state index in [1.165, 1.54) is 0 Å². The van der Waals surface area contributed by atoms with Gasteiger partial charge in [0.1, 0.15) is 5.76 Å². The number of aliphatic hydroxyl groups is 1. The van der Waals surface area contributed by atoms with Crippen molar-refractivity contribution in [2.24, 2.45) is 0 Å². The molecule has 0 radical (unpaired) electrons. The zero-order chi connectivity index (χ0) is 19.1. The highest BCUT2D eigenvalue weighted by molar-refractivity contribution is 6.38. The van der Waals surface area contributed by atoms with Crippen molar-refractivity contribution in [2.75, 3.05) is 0 Å². The monoisotopic (exact) mass is 413 g/mol. The molecule has 2 nitrogen and oxygen atoms in total. The number of fused-ring (bicyclic) bond motifs is 1. The summed E-state index contributed by atoms with van der Waals surface area (Å²) >= 11 is 19.3. The Balaban J connectivity index is 1.97. The van der Waals surface area contributed by atoms with Crippen LogP contribution in [0.3, 0.4) is 0 Å². The predicted molar refractivity (Wildman–Crippen MR) is 114 cm³/mol. The van der Waals surface area contributed by atoms with Gasteiger partial charge < -0.3 is 10.0 Å². The van der Waals surface area contributed by atoms with Crippen LogP contribution in [0.4, 0.5) is 0 Å². The molecule has 0 fully saturated rings. The first-order valence-corrected chi connectivity index (χ1v) is 9.33. The molecule has 2 aliphatic heterocycles. The minimum absolute atomic E-state index is 0.111. The smallest absolute Gasteiger partial charge is 0.119 e. The number of rotatable bonds is 2. The van der Waals surface area contributed by atoms with E-state index in [-0.39, 0.29) is 5.76 Å². The SMILES string of the molecule is C=C1C=CN2C(c3ccccc3Cl)=CC(O)=CC2=C1c1c(Cl)cccc1Cl. The van der Waals surface area contributed by atoms with E-state index in [0.717, 1.165) is 28.1 Å². The lowest BCUT2D eigenvalue weighted by molar-refractivity contribution is 0.425. The maximum absolute atomic E-state index is 10.4. The molecule has 0 saturated heterocycles. The van der Waals surface area contributed by atoms with Gasteiger partial charge in [-0.3, -0.25) is 0 Å². The lowest BCUT2D eigenvalue weighted by Crippen LogP contribution is -2.22. The molecule has 4 rings (SSSR count). The topological polar surface area (TPSA) is 23.5 Å². The van der Waals surface area contributed by atoms with Crippen LogP contribution >= 0.6 is 34.8 Å². The molecule has 27 heavy (non-hydrogen) atoms. The van der Waals surface area contributed by atoms with Crippen molar-refractivity contribution in [3.8, 4) is 0 Å². The highest BCUT2D eigenvalue weighted by atomic mass is 35.5. The minimum Gasteiger partial charge on any atom is -0.508 e. The Morgan fingerprint density at radius 3 is 2.22 bits per heavy atom. The van der Waals surface area contributed by atoms with E-state index in [1.54, 1.807) is 30.4 Å². The second-order valence-electron chi connectivity index (χ2n) is 6.15. The predicted octanol–water partition coefficient (Wildman–Crippen LogP) is 7.24. The summed E-state index contributed by atoms with van der Waals surface area (Å²) in [5.41, 5.74) is 4.48. The van der Waals surface area contributed by atoms with Gasteiger partial charge in [0.25, 0.3) is 0 Å². The molecule has 1 N–H and O–H groups in total. The Morgan fingerprint density at radius 1 is 0.852 bits per heavy atom. The summed E-state index contributed by atoms with van der Waals surface area (Å²) in [5, 5.41) is 12.0. The van der Waals surface area contributed by atoms with Gasteiger partial charge in [-0.05, 0) is 29.8 Å². The molecule has 2 heterocycles. The Kier molecular flexibility index (Phi) is 4.65. The van der Waals surface area contributed by atoms with Gasteiger partial charge in [0.2, 0.25) is 0 Å². The molecule has 0 aromatic heterocycles. The first-order valence-electron chi connectivity index (χ1n) is 8.20. The molecule has 5 heteroatoms. The van der Waals surface area contributed by atoms with Crippen LogP contribution in [-0.4, -0.2) is 10.0 Å². The van der Waals surface area contributed by atoms with Crippen LogP contribution in [0.15, 0.2) is 90.5 Å². The second-order valence-corrected chi connectivity index (χ2v) is 7.37. The molecule has 0 amide bonds. The Labute approximate surface area is 172 Å². The highest BCUT2D eigenvalue weighted by Gasteiger charge is 2.28. The van der Waals surface area contributed by atoms with E-state index < -0.39 is 0 Å². The van der Waals surface area contributed by atoms with E-state index >= 15 is 0 Å². The fourth-order valence-electron chi connectivity index (χ4n) is 3.26. The summed E-state index contributed by atoms with van der Waals surface area (Å²) < 4.78 is 0. The maximum Gasteiger partial charge on any atom is 0.119 e. The fraction of sp³-hybridized carbons (Fsp3) is 0. The van der Waals surface area contributed by atoms with Gasteiger partial charge in [0, 0.05) is 50.1 Å². The van der Waals surface area contributed by atoms with E-state index in [0.29, 0.717) is 20.6 Å². The number of hydrogen-bond donors (Lipinski definition) is 1. The van der Waals surface area contributed by atoms with Crippen LogP contribution in [0, 0.1) is 0 Å². The molecule has 2 aliphatic rings. The summed E-state index contributed by atoms with van der Waals surface area (Å²) in [6, 6.07) is 12.8. The third kappa shape index (κ3) is 3.10. The van der Waals surface area contributed by atoms with Crippen molar-refractivity contribution >= 4 is 46.1 Å². The van der Waals surface area contributed by atoms with Gasteiger partial charge in [-0.1, -0.05) is 65.6 Å². The molecule has 2 aromatic rings. The molecule has 0 bridgehead atoms. The quantitative estimate of drug-likeness (QED) is 0.560. The van der Waals surface area contributed by atoms with Gasteiger partial charge >= 0.3 is 0 Å². The second kappa shape index (κ2) is 6.97. The number of hydrogen-bond acceptors (Lipinski definition) is 2. The summed E-state index contributed by atoms with van der Waals surface area (Å²) in [6.07, 6.45) is 7.13. The Morgan fingerprint density at radius 2 is 1.52 bits per heavy atom. The lowest BCUT2D eigenvalue weighted by Gasteiger charge is -2.34. The number of allylic oxidation sites excluding steroid dienone is 5.